The zero-order chi connectivity index (χ0) is 15.2. The topological polar surface area (TPSA) is 47.3 Å². The maximum Gasteiger partial charge on any atom is 0.320 e. The lowest BCUT2D eigenvalue weighted by molar-refractivity contribution is 0.0632. The number of ether oxygens (including phenoxy) is 1. The number of nitrogens with zero attached hydrogens (tertiary/aromatic N) is 2. The van der Waals surface area contributed by atoms with Crippen molar-refractivity contribution in [1.29, 1.82) is 0 Å². The molecule has 1 atom stereocenters. The van der Waals surface area contributed by atoms with Crippen LogP contribution in [0.25, 0.3) is 0 Å². The first-order valence-corrected chi connectivity index (χ1v) is 6.76. The van der Waals surface area contributed by atoms with Gasteiger partial charge in [0, 0.05) is 12.4 Å². The fraction of sp³-hybridized carbons (Fsp3) is 0.400. The van der Waals surface area contributed by atoms with Gasteiger partial charge in [0.05, 0.1) is 6.10 Å². The number of hydrogen-bond acceptors (Lipinski definition) is 3. The Morgan fingerprint density at radius 2 is 2.00 bits per heavy atom. The van der Waals surface area contributed by atoms with Crippen LogP contribution < -0.4 is 4.74 Å². The molecule has 1 unspecified atom stereocenters. The Labute approximate surface area is 122 Å². The van der Waals surface area contributed by atoms with E-state index in [1.54, 1.807) is 19.1 Å². The van der Waals surface area contributed by atoms with Crippen LogP contribution in [0.1, 0.15) is 31.3 Å². The van der Waals surface area contributed by atoms with E-state index < -0.39 is 6.55 Å². The van der Waals surface area contributed by atoms with Gasteiger partial charge >= 0.3 is 6.55 Å². The van der Waals surface area contributed by atoms with Crippen molar-refractivity contribution in [2.45, 2.75) is 39.0 Å². The van der Waals surface area contributed by atoms with Crippen LogP contribution >= 0.6 is 0 Å². The van der Waals surface area contributed by atoms with E-state index in [1.807, 2.05) is 12.1 Å². The number of hydrogen-bond donors (Lipinski definition) is 1. The van der Waals surface area contributed by atoms with Gasteiger partial charge in [-0.2, -0.15) is 8.78 Å². The predicted molar refractivity (Wildman–Crippen MR) is 74.3 cm³/mol. The molecule has 21 heavy (non-hydrogen) atoms. The highest BCUT2D eigenvalue weighted by Gasteiger charge is 2.11. The molecular weight excluding hydrogens is 278 g/mol. The summed E-state index contributed by atoms with van der Waals surface area (Å²) in [6.07, 6.45) is 3.71. The van der Waals surface area contributed by atoms with Gasteiger partial charge in [-0.3, -0.25) is 4.57 Å². The highest BCUT2D eigenvalue weighted by Crippen LogP contribution is 2.17. The smallest absolute Gasteiger partial charge is 0.320 e. The number of alkyl halides is 2. The van der Waals surface area contributed by atoms with E-state index in [9.17, 15) is 13.9 Å². The Morgan fingerprint density at radius 3 is 2.62 bits per heavy atom. The van der Waals surface area contributed by atoms with Crippen molar-refractivity contribution in [2.75, 3.05) is 0 Å². The van der Waals surface area contributed by atoms with Crippen LogP contribution in [0.2, 0.25) is 0 Å². The lowest BCUT2D eigenvalue weighted by atomic mass is 10.1. The molecule has 0 fully saturated rings. The van der Waals surface area contributed by atoms with Crippen LogP contribution in [-0.2, 0) is 13.0 Å². The van der Waals surface area contributed by atoms with Crippen LogP contribution in [0, 0.1) is 0 Å². The molecule has 0 amide bonds. The highest BCUT2D eigenvalue weighted by atomic mass is 19.3. The third kappa shape index (κ3) is 4.53. The van der Waals surface area contributed by atoms with E-state index in [4.69, 9.17) is 4.74 Å². The van der Waals surface area contributed by atoms with Gasteiger partial charge in [0.25, 0.3) is 0 Å². The molecule has 2 aromatic rings. The van der Waals surface area contributed by atoms with Crippen LogP contribution in [0.3, 0.4) is 0 Å². The van der Waals surface area contributed by atoms with Crippen molar-refractivity contribution in [1.82, 2.24) is 9.55 Å². The molecule has 1 heterocycles. The average molecular weight is 296 g/mol. The molecule has 1 aromatic heterocycles. The normalized spacial score (nSPS) is 12.6. The first-order valence-electron chi connectivity index (χ1n) is 6.76. The fourth-order valence-corrected chi connectivity index (χ4v) is 1.91. The minimum Gasteiger partial charge on any atom is -0.486 e. The summed E-state index contributed by atoms with van der Waals surface area (Å²) < 4.78 is 31.5. The fourth-order valence-electron chi connectivity index (χ4n) is 1.91. The second-order valence-electron chi connectivity index (χ2n) is 4.85. The van der Waals surface area contributed by atoms with Gasteiger partial charge in [-0.1, -0.05) is 12.1 Å². The van der Waals surface area contributed by atoms with Gasteiger partial charge in [-0.25, -0.2) is 4.98 Å². The van der Waals surface area contributed by atoms with Crippen LogP contribution in [-0.4, -0.2) is 20.8 Å². The molecule has 4 nitrogen and oxygen atoms in total. The van der Waals surface area contributed by atoms with Gasteiger partial charge < -0.3 is 9.84 Å². The summed E-state index contributed by atoms with van der Waals surface area (Å²) in [6, 6.07) is 7.37. The Bertz CT molecular complexity index is 553. The summed E-state index contributed by atoms with van der Waals surface area (Å²) >= 11 is 0. The summed E-state index contributed by atoms with van der Waals surface area (Å²) in [7, 11) is 0. The predicted octanol–water partition coefficient (Wildman–Crippen LogP) is 3.17. The van der Waals surface area contributed by atoms with Crippen molar-refractivity contribution >= 4 is 0 Å². The number of aliphatic hydroxyl groups is 1. The molecule has 0 radical (unpaired) electrons. The van der Waals surface area contributed by atoms with E-state index in [0.29, 0.717) is 12.2 Å². The lowest BCUT2D eigenvalue weighted by Crippen LogP contribution is -2.07. The molecule has 0 aliphatic heterocycles. The number of aromatic nitrogens is 2. The summed E-state index contributed by atoms with van der Waals surface area (Å²) in [5.74, 6) is 0.780. The number of halogens is 2. The van der Waals surface area contributed by atoms with Crippen molar-refractivity contribution in [3.8, 4) is 5.75 Å². The summed E-state index contributed by atoms with van der Waals surface area (Å²) in [5.41, 5.74) is 1.09. The van der Waals surface area contributed by atoms with Crippen LogP contribution in [0.5, 0.6) is 5.75 Å². The molecule has 6 heteroatoms. The van der Waals surface area contributed by atoms with Crippen molar-refractivity contribution < 1.29 is 18.6 Å². The summed E-state index contributed by atoms with van der Waals surface area (Å²) in [4.78, 5) is 3.85. The maximum absolute atomic E-state index is 12.6. The van der Waals surface area contributed by atoms with Gasteiger partial charge in [-0.05, 0) is 37.5 Å². The summed E-state index contributed by atoms with van der Waals surface area (Å²) in [6.45, 7) is -0.874. The Hall–Kier alpha value is -1.95. The number of aliphatic hydroxyl groups excluding tert-OH is 1. The van der Waals surface area contributed by atoms with Crippen molar-refractivity contribution in [3.05, 3.63) is 48.0 Å². The van der Waals surface area contributed by atoms with Gasteiger partial charge in [0.15, 0.2) is 5.82 Å². The number of imidazole rings is 1. The maximum atomic E-state index is 12.6. The molecule has 0 aliphatic carbocycles. The zero-order valence-corrected chi connectivity index (χ0v) is 11.7. The van der Waals surface area contributed by atoms with Gasteiger partial charge in [0.1, 0.15) is 12.4 Å². The first-order chi connectivity index (χ1) is 10.1. The van der Waals surface area contributed by atoms with E-state index in [-0.39, 0.29) is 18.5 Å². The number of rotatable bonds is 7. The Morgan fingerprint density at radius 1 is 1.29 bits per heavy atom. The molecule has 114 valence electrons. The molecule has 0 aliphatic rings. The minimum absolute atomic E-state index is 0.00956. The molecule has 1 aromatic carbocycles. The number of benzene rings is 1. The first kappa shape index (κ1) is 15.4. The van der Waals surface area contributed by atoms with Gasteiger partial charge in [-0.15, -0.1) is 0 Å². The molecule has 1 N–H and O–H groups in total. The Kier molecular flexibility index (Phi) is 5.27. The minimum atomic E-state index is -2.62. The van der Waals surface area contributed by atoms with E-state index in [0.717, 1.165) is 16.6 Å². The molecule has 0 saturated carbocycles. The second-order valence-corrected chi connectivity index (χ2v) is 4.85. The number of aryl methyl sites for hydroxylation is 1. The SMILES string of the molecule is CC(O)CCc1ccc(OCc2nccn2C(F)F)cc1. The molecule has 0 spiro atoms. The third-order valence-corrected chi connectivity index (χ3v) is 3.10. The van der Waals surface area contributed by atoms with E-state index >= 15 is 0 Å². The summed E-state index contributed by atoms with van der Waals surface area (Å²) in [5, 5.41) is 9.23. The Balaban J connectivity index is 1.90. The second kappa shape index (κ2) is 7.17. The van der Waals surface area contributed by atoms with E-state index in [1.165, 1.54) is 12.4 Å². The lowest BCUT2D eigenvalue weighted by Gasteiger charge is -2.09. The van der Waals surface area contributed by atoms with Crippen LogP contribution in [0.4, 0.5) is 8.78 Å². The highest BCUT2D eigenvalue weighted by molar-refractivity contribution is 5.27. The van der Waals surface area contributed by atoms with E-state index in [2.05, 4.69) is 4.98 Å². The standard InChI is InChI=1S/C15H18F2N2O2/c1-11(20)2-3-12-4-6-13(7-5-12)21-10-14-18-8-9-19(14)15(16)17/h4-9,11,15,20H,2-3,10H2,1H3. The third-order valence-electron chi connectivity index (χ3n) is 3.10. The van der Waals surface area contributed by atoms with Crippen molar-refractivity contribution in [3.63, 3.8) is 0 Å². The monoisotopic (exact) mass is 296 g/mol. The molecule has 0 bridgehead atoms. The molecule has 0 saturated heterocycles. The average Bonchev–Trinajstić information content (AvgIpc) is 2.92. The molecule has 2 rings (SSSR count). The van der Waals surface area contributed by atoms with Crippen LogP contribution in [0.15, 0.2) is 36.7 Å². The zero-order valence-electron chi connectivity index (χ0n) is 11.7. The largest absolute Gasteiger partial charge is 0.486 e. The van der Waals surface area contributed by atoms with Crippen molar-refractivity contribution in [2.24, 2.45) is 0 Å². The van der Waals surface area contributed by atoms with Gasteiger partial charge in [0.2, 0.25) is 0 Å². The quantitative estimate of drug-likeness (QED) is 0.853. The molecular formula is C15H18F2N2O2.